The van der Waals surface area contributed by atoms with Crippen molar-refractivity contribution in [1.82, 2.24) is 20.0 Å². The Morgan fingerprint density at radius 2 is 2.12 bits per heavy atom. The molecule has 0 atom stereocenters. The predicted octanol–water partition coefficient (Wildman–Crippen LogP) is 1.14. The molecule has 3 heterocycles. The number of methoxy groups -OCH3 is 1. The summed E-state index contributed by atoms with van der Waals surface area (Å²) < 4.78 is 12.8. The molecule has 0 bridgehead atoms. The van der Waals surface area contributed by atoms with E-state index in [2.05, 4.69) is 10.2 Å². The minimum Gasteiger partial charge on any atom is -0.383 e. The van der Waals surface area contributed by atoms with Gasteiger partial charge in [0.2, 0.25) is 5.91 Å². The van der Waals surface area contributed by atoms with Crippen LogP contribution >= 0.6 is 0 Å². The highest BCUT2D eigenvalue weighted by Gasteiger charge is 2.21. The van der Waals surface area contributed by atoms with Gasteiger partial charge in [0, 0.05) is 50.7 Å². The third kappa shape index (κ3) is 5.28. The number of nitrogens with one attached hydrogen (secondary N) is 1. The first-order chi connectivity index (χ1) is 12.8. The fourth-order valence-electron chi connectivity index (χ4n) is 3.80. The summed E-state index contributed by atoms with van der Waals surface area (Å²) in [6.07, 6.45) is 5.94. The Balaban J connectivity index is 1.46. The van der Waals surface area contributed by atoms with Crippen LogP contribution in [-0.4, -0.2) is 67.1 Å². The van der Waals surface area contributed by atoms with Gasteiger partial charge in [-0.3, -0.25) is 9.48 Å². The molecule has 2 aliphatic rings. The number of ether oxygens (including phenoxy) is 2. The fourth-order valence-corrected chi connectivity index (χ4v) is 3.80. The highest BCUT2D eigenvalue weighted by Crippen LogP contribution is 2.22. The minimum atomic E-state index is 0.110. The molecule has 7 nitrogen and oxygen atoms in total. The standard InChI is InChI=1S/C19H32N4O3/c1-25-14-12-23-18-7-13-26-15-16(18)17(21-23)5-6-19(24)20-8-11-22-9-3-2-4-10-22/h2-15H2,1H3,(H,20,24). The van der Waals surface area contributed by atoms with Crippen LogP contribution in [0.4, 0.5) is 0 Å². The van der Waals surface area contributed by atoms with Crippen LogP contribution in [0.25, 0.3) is 0 Å². The van der Waals surface area contributed by atoms with Crippen molar-refractivity contribution in [2.24, 2.45) is 0 Å². The van der Waals surface area contributed by atoms with Gasteiger partial charge in [-0.25, -0.2) is 0 Å². The molecule has 0 aliphatic carbocycles. The van der Waals surface area contributed by atoms with Crippen LogP contribution in [0.15, 0.2) is 0 Å². The highest BCUT2D eigenvalue weighted by molar-refractivity contribution is 5.76. The van der Waals surface area contributed by atoms with Crippen LogP contribution in [0.3, 0.4) is 0 Å². The molecule has 0 aromatic carbocycles. The summed E-state index contributed by atoms with van der Waals surface area (Å²) in [5.41, 5.74) is 3.42. The number of aromatic nitrogens is 2. The van der Waals surface area contributed by atoms with Gasteiger partial charge < -0.3 is 19.7 Å². The fraction of sp³-hybridized carbons (Fsp3) is 0.789. The number of amides is 1. The predicted molar refractivity (Wildman–Crippen MR) is 99.1 cm³/mol. The lowest BCUT2D eigenvalue weighted by Crippen LogP contribution is -2.37. The number of nitrogens with zero attached hydrogens (tertiary/aromatic N) is 3. The van der Waals surface area contributed by atoms with Gasteiger partial charge in [-0.05, 0) is 25.9 Å². The van der Waals surface area contributed by atoms with Gasteiger partial charge in [-0.1, -0.05) is 6.42 Å². The van der Waals surface area contributed by atoms with Gasteiger partial charge in [-0.2, -0.15) is 5.10 Å². The van der Waals surface area contributed by atoms with E-state index in [0.717, 1.165) is 38.4 Å². The van der Waals surface area contributed by atoms with E-state index in [0.29, 0.717) is 26.1 Å². The van der Waals surface area contributed by atoms with E-state index < -0.39 is 0 Å². The summed E-state index contributed by atoms with van der Waals surface area (Å²) in [5, 5.41) is 7.78. The maximum absolute atomic E-state index is 12.2. The lowest BCUT2D eigenvalue weighted by atomic mass is 10.1. The molecule has 26 heavy (non-hydrogen) atoms. The molecule has 146 valence electrons. The summed E-state index contributed by atoms with van der Waals surface area (Å²) in [7, 11) is 1.70. The molecule has 1 N–H and O–H groups in total. The number of likely N-dealkylation sites (tertiary alicyclic amines) is 1. The third-order valence-corrected chi connectivity index (χ3v) is 5.27. The largest absolute Gasteiger partial charge is 0.383 e. The first-order valence-corrected chi connectivity index (χ1v) is 9.91. The van der Waals surface area contributed by atoms with E-state index >= 15 is 0 Å². The molecule has 2 aliphatic heterocycles. The first kappa shape index (κ1) is 19.3. The Labute approximate surface area is 156 Å². The Hall–Kier alpha value is -1.44. The minimum absolute atomic E-state index is 0.110. The molecule has 3 rings (SSSR count). The van der Waals surface area contributed by atoms with E-state index in [1.165, 1.54) is 43.6 Å². The topological polar surface area (TPSA) is 68.6 Å². The van der Waals surface area contributed by atoms with Crippen LogP contribution in [0.5, 0.6) is 0 Å². The van der Waals surface area contributed by atoms with Gasteiger partial charge in [0.1, 0.15) is 0 Å². The van der Waals surface area contributed by atoms with Crippen molar-refractivity contribution in [2.75, 3.05) is 46.5 Å². The van der Waals surface area contributed by atoms with Crippen LogP contribution < -0.4 is 5.32 Å². The molecule has 0 spiro atoms. The van der Waals surface area contributed by atoms with Gasteiger partial charge in [0.25, 0.3) is 0 Å². The lowest BCUT2D eigenvalue weighted by Gasteiger charge is -2.26. The Morgan fingerprint density at radius 3 is 2.92 bits per heavy atom. The molecule has 0 unspecified atom stereocenters. The van der Waals surface area contributed by atoms with Crippen LogP contribution in [0, 0.1) is 0 Å². The van der Waals surface area contributed by atoms with Crippen molar-refractivity contribution in [1.29, 1.82) is 0 Å². The molecule has 1 saturated heterocycles. The zero-order chi connectivity index (χ0) is 18.2. The number of hydrogen-bond donors (Lipinski definition) is 1. The average Bonchev–Trinajstić information content (AvgIpc) is 3.03. The number of carbonyl (C=O) groups excluding carboxylic acids is 1. The van der Waals surface area contributed by atoms with E-state index in [-0.39, 0.29) is 5.91 Å². The van der Waals surface area contributed by atoms with Crippen molar-refractivity contribution in [2.45, 2.75) is 51.7 Å². The maximum Gasteiger partial charge on any atom is 0.220 e. The van der Waals surface area contributed by atoms with Crippen molar-refractivity contribution < 1.29 is 14.3 Å². The second-order valence-electron chi connectivity index (χ2n) is 7.14. The molecular formula is C19H32N4O3. The number of piperidine rings is 1. The molecule has 0 saturated carbocycles. The number of aryl methyl sites for hydroxylation is 1. The number of carbonyl (C=O) groups is 1. The zero-order valence-electron chi connectivity index (χ0n) is 16.0. The van der Waals surface area contributed by atoms with Gasteiger partial charge in [-0.15, -0.1) is 0 Å². The number of hydrogen-bond acceptors (Lipinski definition) is 5. The van der Waals surface area contributed by atoms with Crippen LogP contribution in [0.2, 0.25) is 0 Å². The van der Waals surface area contributed by atoms with Gasteiger partial charge in [0.05, 0.1) is 32.1 Å². The molecule has 0 radical (unpaired) electrons. The normalized spacial score (nSPS) is 17.9. The van der Waals surface area contributed by atoms with E-state index in [4.69, 9.17) is 14.6 Å². The molecular weight excluding hydrogens is 332 g/mol. The summed E-state index contributed by atoms with van der Waals surface area (Å²) >= 11 is 0. The van der Waals surface area contributed by atoms with Crippen molar-refractivity contribution in [3.05, 3.63) is 17.0 Å². The second kappa shape index (κ2) is 10.0. The first-order valence-electron chi connectivity index (χ1n) is 9.91. The lowest BCUT2D eigenvalue weighted by molar-refractivity contribution is -0.121. The Bertz CT molecular complexity index is 582. The Morgan fingerprint density at radius 1 is 1.27 bits per heavy atom. The van der Waals surface area contributed by atoms with E-state index in [1.807, 2.05) is 4.68 Å². The van der Waals surface area contributed by atoms with Gasteiger partial charge >= 0.3 is 0 Å². The average molecular weight is 364 g/mol. The maximum atomic E-state index is 12.2. The summed E-state index contributed by atoms with van der Waals surface area (Å²) in [6.45, 7) is 6.77. The van der Waals surface area contributed by atoms with Crippen molar-refractivity contribution in [3.8, 4) is 0 Å². The molecule has 1 amide bonds. The molecule has 7 heteroatoms. The second-order valence-corrected chi connectivity index (χ2v) is 7.14. The van der Waals surface area contributed by atoms with Crippen molar-refractivity contribution in [3.63, 3.8) is 0 Å². The monoisotopic (exact) mass is 364 g/mol. The smallest absolute Gasteiger partial charge is 0.220 e. The summed E-state index contributed by atoms with van der Waals surface area (Å²) in [6, 6.07) is 0. The number of fused-ring (bicyclic) bond motifs is 1. The summed E-state index contributed by atoms with van der Waals surface area (Å²) in [4.78, 5) is 14.6. The van der Waals surface area contributed by atoms with Crippen LogP contribution in [-0.2, 0) is 40.3 Å². The number of rotatable bonds is 9. The molecule has 1 aromatic rings. The molecule has 1 aromatic heterocycles. The highest BCUT2D eigenvalue weighted by atomic mass is 16.5. The van der Waals surface area contributed by atoms with E-state index in [1.54, 1.807) is 7.11 Å². The van der Waals surface area contributed by atoms with Crippen LogP contribution in [0.1, 0.15) is 42.6 Å². The quantitative estimate of drug-likeness (QED) is 0.712. The molecule has 1 fully saturated rings. The van der Waals surface area contributed by atoms with E-state index in [9.17, 15) is 4.79 Å². The zero-order valence-corrected chi connectivity index (χ0v) is 16.0. The SMILES string of the molecule is COCCn1nc(CCC(=O)NCCN2CCCCC2)c2c1CCOC2. The summed E-state index contributed by atoms with van der Waals surface area (Å²) in [5.74, 6) is 0.110. The third-order valence-electron chi connectivity index (χ3n) is 5.27. The van der Waals surface area contributed by atoms with Gasteiger partial charge in [0.15, 0.2) is 0 Å². The van der Waals surface area contributed by atoms with Crippen molar-refractivity contribution >= 4 is 5.91 Å². The Kier molecular flexibility index (Phi) is 7.46.